The fourth-order valence-corrected chi connectivity index (χ4v) is 2.78. The van der Waals surface area contributed by atoms with Crippen LogP contribution >= 0.6 is 11.8 Å². The number of hydrogen-bond donors (Lipinski definition) is 1. The van der Waals surface area contributed by atoms with Crippen molar-refractivity contribution in [2.24, 2.45) is 5.92 Å². The standard InChI is InChI=1S/C16H21N3OS/c1-12(10-21-3)16(20)18-13(2)14-5-4-6-15(9-14)19-8-7-17-11-19/h4-9,11-13H,10H2,1-3H3,(H,18,20)/t12-,13-/m0/s1. The zero-order chi connectivity index (χ0) is 15.2. The Kier molecular flexibility index (Phi) is 5.44. The van der Waals surface area contributed by atoms with Gasteiger partial charge in [0.05, 0.1) is 12.4 Å². The first-order valence-corrected chi connectivity index (χ1v) is 8.38. The number of aromatic nitrogens is 2. The highest BCUT2D eigenvalue weighted by atomic mass is 32.2. The van der Waals surface area contributed by atoms with E-state index >= 15 is 0 Å². The van der Waals surface area contributed by atoms with E-state index < -0.39 is 0 Å². The number of benzene rings is 1. The van der Waals surface area contributed by atoms with E-state index in [1.165, 1.54) is 0 Å². The maximum absolute atomic E-state index is 12.1. The maximum Gasteiger partial charge on any atom is 0.224 e. The van der Waals surface area contributed by atoms with Crippen molar-refractivity contribution in [1.29, 1.82) is 0 Å². The van der Waals surface area contributed by atoms with Gasteiger partial charge in [0.25, 0.3) is 0 Å². The Bertz CT molecular complexity index is 583. The van der Waals surface area contributed by atoms with E-state index in [1.807, 2.05) is 49.1 Å². The maximum atomic E-state index is 12.1. The third-order valence-electron chi connectivity index (χ3n) is 3.40. The number of rotatable bonds is 6. The largest absolute Gasteiger partial charge is 0.349 e. The lowest BCUT2D eigenvalue weighted by molar-refractivity contribution is -0.124. The van der Waals surface area contributed by atoms with Crippen LogP contribution in [-0.2, 0) is 4.79 Å². The third kappa shape index (κ3) is 4.11. The summed E-state index contributed by atoms with van der Waals surface area (Å²) in [6.45, 7) is 3.97. The third-order valence-corrected chi connectivity index (χ3v) is 4.23. The molecule has 1 amide bonds. The molecule has 2 atom stereocenters. The second-order valence-electron chi connectivity index (χ2n) is 5.15. The summed E-state index contributed by atoms with van der Waals surface area (Å²) in [7, 11) is 0. The first-order valence-electron chi connectivity index (χ1n) is 6.99. The quantitative estimate of drug-likeness (QED) is 0.892. The lowest BCUT2D eigenvalue weighted by Crippen LogP contribution is -2.32. The zero-order valence-electron chi connectivity index (χ0n) is 12.6. The number of imidazole rings is 1. The second kappa shape index (κ2) is 7.31. The number of amides is 1. The van der Waals surface area contributed by atoms with E-state index in [9.17, 15) is 4.79 Å². The van der Waals surface area contributed by atoms with Gasteiger partial charge in [-0.1, -0.05) is 19.1 Å². The average Bonchev–Trinajstić information content (AvgIpc) is 3.01. The summed E-state index contributed by atoms with van der Waals surface area (Å²) in [5.74, 6) is 0.970. The van der Waals surface area contributed by atoms with Gasteiger partial charge in [0.1, 0.15) is 0 Å². The Morgan fingerprint density at radius 3 is 2.90 bits per heavy atom. The topological polar surface area (TPSA) is 46.9 Å². The van der Waals surface area contributed by atoms with Crippen LogP contribution in [0.3, 0.4) is 0 Å². The molecule has 0 saturated heterocycles. The molecule has 21 heavy (non-hydrogen) atoms. The van der Waals surface area contributed by atoms with Crippen LogP contribution in [0, 0.1) is 5.92 Å². The van der Waals surface area contributed by atoms with E-state index in [4.69, 9.17) is 0 Å². The van der Waals surface area contributed by atoms with E-state index in [1.54, 1.807) is 24.3 Å². The summed E-state index contributed by atoms with van der Waals surface area (Å²) in [4.78, 5) is 16.1. The van der Waals surface area contributed by atoms with Crippen molar-refractivity contribution < 1.29 is 4.79 Å². The molecular formula is C16H21N3OS. The van der Waals surface area contributed by atoms with Crippen molar-refractivity contribution in [3.05, 3.63) is 48.5 Å². The molecule has 1 aromatic heterocycles. The van der Waals surface area contributed by atoms with Crippen molar-refractivity contribution in [2.75, 3.05) is 12.0 Å². The zero-order valence-corrected chi connectivity index (χ0v) is 13.4. The van der Waals surface area contributed by atoms with Crippen LogP contribution in [0.4, 0.5) is 0 Å². The minimum absolute atomic E-state index is 0.00900. The summed E-state index contributed by atoms with van der Waals surface area (Å²) < 4.78 is 1.95. The number of carbonyl (C=O) groups excluding carboxylic acids is 1. The number of nitrogens with one attached hydrogen (secondary N) is 1. The van der Waals surface area contributed by atoms with Crippen LogP contribution in [0.5, 0.6) is 0 Å². The van der Waals surface area contributed by atoms with Gasteiger partial charge in [-0.15, -0.1) is 0 Å². The van der Waals surface area contributed by atoms with Gasteiger partial charge >= 0.3 is 0 Å². The summed E-state index contributed by atoms with van der Waals surface area (Å²) in [6.07, 6.45) is 7.44. The van der Waals surface area contributed by atoms with Crippen molar-refractivity contribution in [3.63, 3.8) is 0 Å². The van der Waals surface area contributed by atoms with Gasteiger partial charge in [-0.3, -0.25) is 4.79 Å². The lowest BCUT2D eigenvalue weighted by Gasteiger charge is -2.18. The fraction of sp³-hybridized carbons (Fsp3) is 0.375. The molecule has 5 heteroatoms. The van der Waals surface area contributed by atoms with Crippen molar-refractivity contribution in [3.8, 4) is 5.69 Å². The first kappa shape index (κ1) is 15.6. The normalized spacial score (nSPS) is 13.7. The predicted molar refractivity (Wildman–Crippen MR) is 87.7 cm³/mol. The summed E-state index contributed by atoms with van der Waals surface area (Å²) >= 11 is 1.69. The molecule has 4 nitrogen and oxygen atoms in total. The van der Waals surface area contributed by atoms with E-state index in [0.717, 1.165) is 17.0 Å². The smallest absolute Gasteiger partial charge is 0.224 e. The van der Waals surface area contributed by atoms with Crippen molar-refractivity contribution in [2.45, 2.75) is 19.9 Å². The summed E-state index contributed by atoms with van der Waals surface area (Å²) in [6, 6.07) is 8.12. The van der Waals surface area contributed by atoms with E-state index in [0.29, 0.717) is 0 Å². The van der Waals surface area contributed by atoms with Crippen LogP contribution in [-0.4, -0.2) is 27.5 Å². The molecule has 0 radical (unpaired) electrons. The summed E-state index contributed by atoms with van der Waals surface area (Å²) in [5, 5.41) is 3.08. The molecule has 0 aliphatic rings. The minimum Gasteiger partial charge on any atom is -0.349 e. The molecule has 0 aliphatic carbocycles. The number of thioether (sulfide) groups is 1. The molecule has 0 fully saturated rings. The molecule has 2 rings (SSSR count). The number of carbonyl (C=O) groups is 1. The van der Waals surface area contributed by atoms with Crippen LogP contribution in [0.25, 0.3) is 5.69 Å². The lowest BCUT2D eigenvalue weighted by atomic mass is 10.1. The molecule has 0 saturated carbocycles. The van der Waals surface area contributed by atoms with Gasteiger partial charge in [0.2, 0.25) is 5.91 Å². The van der Waals surface area contributed by atoms with Gasteiger partial charge < -0.3 is 9.88 Å². The van der Waals surface area contributed by atoms with Gasteiger partial charge in [-0.25, -0.2) is 4.98 Å². The molecule has 0 unspecified atom stereocenters. The Morgan fingerprint density at radius 1 is 1.43 bits per heavy atom. The van der Waals surface area contributed by atoms with Crippen LogP contribution < -0.4 is 5.32 Å². The molecule has 1 N–H and O–H groups in total. The molecule has 112 valence electrons. The van der Waals surface area contributed by atoms with Gasteiger partial charge in [-0.2, -0.15) is 11.8 Å². The Balaban J connectivity index is 2.07. The Labute approximate surface area is 130 Å². The average molecular weight is 303 g/mol. The van der Waals surface area contributed by atoms with Gasteiger partial charge in [0.15, 0.2) is 0 Å². The highest BCUT2D eigenvalue weighted by Crippen LogP contribution is 2.17. The van der Waals surface area contributed by atoms with Crippen molar-refractivity contribution >= 4 is 17.7 Å². The van der Waals surface area contributed by atoms with E-state index in [-0.39, 0.29) is 17.9 Å². The van der Waals surface area contributed by atoms with Crippen LogP contribution in [0.1, 0.15) is 25.5 Å². The molecule has 0 spiro atoms. The molecule has 1 heterocycles. The summed E-state index contributed by atoms with van der Waals surface area (Å²) in [5.41, 5.74) is 2.13. The Hall–Kier alpha value is -1.75. The molecular weight excluding hydrogens is 282 g/mol. The first-order chi connectivity index (χ1) is 10.1. The Morgan fingerprint density at radius 2 is 2.24 bits per heavy atom. The predicted octanol–water partition coefficient (Wildman–Crippen LogP) is 3.05. The van der Waals surface area contributed by atoms with Crippen molar-refractivity contribution in [1.82, 2.24) is 14.9 Å². The molecule has 0 bridgehead atoms. The minimum atomic E-state index is -0.00900. The highest BCUT2D eigenvalue weighted by molar-refractivity contribution is 7.98. The number of hydrogen-bond acceptors (Lipinski definition) is 3. The second-order valence-corrected chi connectivity index (χ2v) is 6.06. The number of nitrogens with zero attached hydrogens (tertiary/aromatic N) is 2. The van der Waals surface area contributed by atoms with Crippen LogP contribution in [0.15, 0.2) is 43.0 Å². The monoisotopic (exact) mass is 303 g/mol. The van der Waals surface area contributed by atoms with Gasteiger partial charge in [0, 0.05) is 29.8 Å². The fourth-order valence-electron chi connectivity index (χ4n) is 2.13. The molecule has 0 aliphatic heterocycles. The highest BCUT2D eigenvalue weighted by Gasteiger charge is 2.15. The van der Waals surface area contributed by atoms with Crippen LogP contribution in [0.2, 0.25) is 0 Å². The molecule has 2 aromatic rings. The van der Waals surface area contributed by atoms with Gasteiger partial charge in [-0.05, 0) is 30.9 Å². The SMILES string of the molecule is CSC[C@H](C)C(=O)N[C@@H](C)c1cccc(-n2ccnc2)c1. The molecule has 1 aromatic carbocycles. The van der Waals surface area contributed by atoms with E-state index in [2.05, 4.69) is 16.4 Å².